The van der Waals surface area contributed by atoms with Crippen LogP contribution in [-0.4, -0.2) is 5.97 Å². The highest BCUT2D eigenvalue weighted by Gasteiger charge is 1.95. The summed E-state index contributed by atoms with van der Waals surface area (Å²) < 4.78 is 4.72. The molecule has 0 aliphatic rings. The van der Waals surface area contributed by atoms with Crippen LogP contribution in [0.5, 0.6) is 5.75 Å². The van der Waals surface area contributed by atoms with Crippen molar-refractivity contribution in [1.29, 1.82) is 0 Å². The quantitative estimate of drug-likeness (QED) is 0.449. The smallest absolute Gasteiger partial charge is 0.311 e. The van der Waals surface area contributed by atoms with Gasteiger partial charge < -0.3 is 4.74 Å². The number of ether oxygens (including phenoxy) is 1. The summed E-state index contributed by atoms with van der Waals surface area (Å²) in [5.74, 6) is 0.00412. The van der Waals surface area contributed by atoms with E-state index < -0.39 is 5.97 Å². The number of benzene rings is 1. The maximum absolute atomic E-state index is 10.4. The molecule has 57 valence electrons. The van der Waals surface area contributed by atoms with Crippen molar-refractivity contribution in [3.63, 3.8) is 0 Å². The molecule has 0 heterocycles. The predicted molar refractivity (Wildman–Crippen MR) is 42.2 cm³/mol. The van der Waals surface area contributed by atoms with Crippen LogP contribution in [0.4, 0.5) is 0 Å². The Kier molecular flexibility index (Phi) is 2.26. The maximum Gasteiger partial charge on any atom is 0.311 e. The largest absolute Gasteiger partial charge is 0.427 e. The summed E-state index contributed by atoms with van der Waals surface area (Å²) in [6, 6.07) is 7.22. The molecular formula is C9H9O2. The van der Waals surface area contributed by atoms with E-state index in [1.54, 1.807) is 12.1 Å². The lowest BCUT2D eigenvalue weighted by Crippen LogP contribution is -2.01. The molecule has 0 unspecified atom stereocenters. The second-order valence-electron chi connectivity index (χ2n) is 2.29. The highest BCUT2D eigenvalue weighted by molar-refractivity contribution is 5.76. The van der Waals surface area contributed by atoms with Crippen molar-refractivity contribution in [1.82, 2.24) is 0 Å². The van der Waals surface area contributed by atoms with Crippen LogP contribution in [0.2, 0.25) is 0 Å². The first-order chi connectivity index (χ1) is 5.18. The molecule has 1 rings (SSSR count). The molecule has 0 aliphatic carbocycles. The highest BCUT2D eigenvalue weighted by Crippen LogP contribution is 2.10. The Morgan fingerprint density at radius 2 is 1.91 bits per heavy atom. The third-order valence-corrected chi connectivity index (χ3v) is 1.25. The van der Waals surface area contributed by atoms with Crippen LogP contribution in [0.1, 0.15) is 5.56 Å². The third kappa shape index (κ3) is 2.42. The first-order valence-corrected chi connectivity index (χ1v) is 3.29. The van der Waals surface area contributed by atoms with E-state index in [0.717, 1.165) is 5.56 Å². The van der Waals surface area contributed by atoms with Gasteiger partial charge in [0, 0.05) is 0 Å². The second kappa shape index (κ2) is 3.19. The molecule has 1 aromatic carbocycles. The maximum atomic E-state index is 10.4. The summed E-state index contributed by atoms with van der Waals surface area (Å²) in [4.78, 5) is 10.4. The lowest BCUT2D eigenvalue weighted by atomic mass is 10.2. The summed E-state index contributed by atoms with van der Waals surface area (Å²) in [5.41, 5.74) is 1.13. The van der Waals surface area contributed by atoms with Crippen molar-refractivity contribution in [2.75, 3.05) is 0 Å². The fourth-order valence-electron chi connectivity index (χ4n) is 0.738. The van der Waals surface area contributed by atoms with Crippen LogP contribution in [0.25, 0.3) is 0 Å². The summed E-state index contributed by atoms with van der Waals surface area (Å²) in [6.07, 6.45) is 0. The fraction of sp³-hybridized carbons (Fsp3) is 0.111. The number of aryl methyl sites for hydroxylation is 1. The van der Waals surface area contributed by atoms with Gasteiger partial charge in [-0.25, -0.2) is 0 Å². The first kappa shape index (κ1) is 7.79. The van der Waals surface area contributed by atoms with Crippen LogP contribution in [0.3, 0.4) is 0 Å². The van der Waals surface area contributed by atoms with Gasteiger partial charge in [-0.3, -0.25) is 4.79 Å². The zero-order valence-electron chi connectivity index (χ0n) is 6.33. The molecule has 1 aromatic rings. The molecule has 0 bridgehead atoms. The van der Waals surface area contributed by atoms with Crippen molar-refractivity contribution in [2.24, 2.45) is 0 Å². The SMILES string of the molecule is [CH2]C(=O)Oc1ccc(C)cc1. The summed E-state index contributed by atoms with van der Waals surface area (Å²) >= 11 is 0. The van der Waals surface area contributed by atoms with Crippen molar-refractivity contribution in [2.45, 2.75) is 6.92 Å². The van der Waals surface area contributed by atoms with E-state index >= 15 is 0 Å². The van der Waals surface area contributed by atoms with Gasteiger partial charge in [-0.15, -0.1) is 0 Å². The van der Waals surface area contributed by atoms with E-state index in [9.17, 15) is 4.79 Å². The number of carbonyl (C=O) groups excluding carboxylic acids is 1. The van der Waals surface area contributed by atoms with Crippen LogP contribution in [-0.2, 0) is 4.79 Å². The standard InChI is InChI=1S/C9H9O2/c1-7-3-5-9(6-4-7)11-8(2)10/h3-6H,2H2,1H3. The molecule has 0 fully saturated rings. The Morgan fingerprint density at radius 3 is 2.36 bits per heavy atom. The molecule has 0 aliphatic heterocycles. The van der Waals surface area contributed by atoms with E-state index in [2.05, 4.69) is 6.92 Å². The molecular weight excluding hydrogens is 140 g/mol. The van der Waals surface area contributed by atoms with Gasteiger partial charge in [-0.05, 0) is 19.1 Å². The van der Waals surface area contributed by atoms with Crippen molar-refractivity contribution >= 4 is 5.97 Å². The average molecular weight is 149 g/mol. The monoisotopic (exact) mass is 149 g/mol. The van der Waals surface area contributed by atoms with E-state index in [1.165, 1.54) is 0 Å². The number of carbonyl (C=O) groups is 1. The summed E-state index contributed by atoms with van der Waals surface area (Å²) in [5, 5.41) is 0. The molecule has 0 aromatic heterocycles. The zero-order valence-corrected chi connectivity index (χ0v) is 6.33. The molecule has 0 N–H and O–H groups in total. The van der Waals surface area contributed by atoms with E-state index in [-0.39, 0.29) is 0 Å². The van der Waals surface area contributed by atoms with Gasteiger partial charge in [0.25, 0.3) is 0 Å². The van der Waals surface area contributed by atoms with E-state index in [4.69, 9.17) is 4.74 Å². The molecule has 0 saturated carbocycles. The van der Waals surface area contributed by atoms with Gasteiger partial charge >= 0.3 is 5.97 Å². The van der Waals surface area contributed by atoms with Crippen LogP contribution >= 0.6 is 0 Å². The normalized spacial score (nSPS) is 9.27. The fourth-order valence-corrected chi connectivity index (χ4v) is 0.738. The topological polar surface area (TPSA) is 26.3 Å². The minimum atomic E-state index is -0.533. The van der Waals surface area contributed by atoms with Gasteiger partial charge in [-0.1, -0.05) is 17.7 Å². The third-order valence-electron chi connectivity index (χ3n) is 1.25. The van der Waals surface area contributed by atoms with E-state index in [0.29, 0.717) is 5.75 Å². The molecule has 0 amide bonds. The average Bonchev–Trinajstić information content (AvgIpc) is 1.93. The number of hydrogen-bond donors (Lipinski definition) is 0. The second-order valence-corrected chi connectivity index (χ2v) is 2.29. The zero-order chi connectivity index (χ0) is 8.27. The molecule has 11 heavy (non-hydrogen) atoms. The molecule has 2 heteroatoms. The lowest BCUT2D eigenvalue weighted by molar-refractivity contribution is -0.129. The molecule has 0 saturated heterocycles. The van der Waals surface area contributed by atoms with Gasteiger partial charge in [0.05, 0.1) is 6.92 Å². The number of esters is 1. The first-order valence-electron chi connectivity index (χ1n) is 3.29. The minimum Gasteiger partial charge on any atom is -0.427 e. The molecule has 0 atom stereocenters. The lowest BCUT2D eigenvalue weighted by Gasteiger charge is -1.99. The number of hydrogen-bond acceptors (Lipinski definition) is 2. The molecule has 1 radical (unpaired) electrons. The highest BCUT2D eigenvalue weighted by atomic mass is 16.5. The van der Waals surface area contributed by atoms with Crippen LogP contribution in [0, 0.1) is 13.8 Å². The van der Waals surface area contributed by atoms with Gasteiger partial charge in [-0.2, -0.15) is 0 Å². The van der Waals surface area contributed by atoms with E-state index in [1.807, 2.05) is 19.1 Å². The molecule has 0 spiro atoms. The Labute approximate surface area is 65.8 Å². The minimum absolute atomic E-state index is 0.533. The summed E-state index contributed by atoms with van der Waals surface area (Å²) in [6.45, 7) is 5.06. The van der Waals surface area contributed by atoms with Gasteiger partial charge in [0.1, 0.15) is 5.75 Å². The molecule has 2 nitrogen and oxygen atoms in total. The Morgan fingerprint density at radius 1 is 1.36 bits per heavy atom. The van der Waals surface area contributed by atoms with Crippen molar-refractivity contribution in [3.8, 4) is 5.75 Å². The summed E-state index contributed by atoms with van der Waals surface area (Å²) in [7, 11) is 0. The van der Waals surface area contributed by atoms with Crippen molar-refractivity contribution < 1.29 is 9.53 Å². The van der Waals surface area contributed by atoms with Gasteiger partial charge in [0.2, 0.25) is 0 Å². The predicted octanol–water partition coefficient (Wildman–Crippen LogP) is 1.73. The Balaban J connectivity index is 2.74. The number of rotatable bonds is 1. The van der Waals surface area contributed by atoms with Crippen molar-refractivity contribution in [3.05, 3.63) is 36.8 Å². The van der Waals surface area contributed by atoms with Crippen LogP contribution < -0.4 is 4.74 Å². The van der Waals surface area contributed by atoms with Gasteiger partial charge in [0.15, 0.2) is 0 Å². The Bertz CT molecular complexity index is 249. The van der Waals surface area contributed by atoms with Crippen LogP contribution in [0.15, 0.2) is 24.3 Å². The Hall–Kier alpha value is -1.31.